The van der Waals surface area contributed by atoms with Gasteiger partial charge in [-0.05, 0) is 50.1 Å². The lowest BCUT2D eigenvalue weighted by atomic mass is 9.75. The van der Waals surface area contributed by atoms with Gasteiger partial charge in [-0.3, -0.25) is 14.7 Å². The van der Waals surface area contributed by atoms with Gasteiger partial charge in [0.15, 0.2) is 0 Å². The van der Waals surface area contributed by atoms with E-state index in [-0.39, 0.29) is 25.6 Å². The Morgan fingerprint density at radius 3 is 1.92 bits per heavy atom. The summed E-state index contributed by atoms with van der Waals surface area (Å²) in [6, 6.07) is 21.5. The molecule has 5 rings (SSSR count). The highest BCUT2D eigenvalue weighted by Crippen LogP contribution is 2.50. The molecule has 1 unspecified atom stereocenters. The van der Waals surface area contributed by atoms with Gasteiger partial charge in [0, 0.05) is 17.0 Å². The monoisotopic (exact) mass is 506 g/mol. The summed E-state index contributed by atoms with van der Waals surface area (Å²) in [6.45, 7) is 3.95. The molecular weight excluding hydrogens is 479 g/mol. The number of hydrogen-bond acceptors (Lipinski definition) is 6. The highest BCUT2D eigenvalue weighted by Gasteiger charge is 2.50. The van der Waals surface area contributed by atoms with E-state index in [0.29, 0.717) is 22.4 Å². The van der Waals surface area contributed by atoms with Crippen molar-refractivity contribution in [2.75, 3.05) is 13.2 Å². The Kier molecular flexibility index (Phi) is 6.43. The van der Waals surface area contributed by atoms with Crippen LogP contribution in [0.2, 0.25) is 0 Å². The minimum absolute atomic E-state index is 0.226. The average molecular weight is 506 g/mol. The summed E-state index contributed by atoms with van der Waals surface area (Å²) in [5, 5.41) is 5.67. The number of para-hydroxylation sites is 2. The number of carbonyl (C=O) groups excluding carboxylic acids is 2. The zero-order valence-electron chi connectivity index (χ0n) is 20.0. The van der Waals surface area contributed by atoms with Crippen LogP contribution in [0.5, 0.6) is 11.5 Å². The van der Waals surface area contributed by atoms with Crippen molar-refractivity contribution in [2.45, 2.75) is 31.7 Å². The molecule has 3 aromatic carbocycles. The Balaban J connectivity index is 1.58. The molecule has 1 atom stereocenters. The number of benzene rings is 3. The van der Waals surface area contributed by atoms with Crippen LogP contribution in [0, 0.1) is 0 Å². The van der Waals surface area contributed by atoms with Gasteiger partial charge in [0.05, 0.1) is 18.5 Å². The molecule has 1 saturated heterocycles. The van der Waals surface area contributed by atoms with Crippen molar-refractivity contribution in [3.8, 4) is 11.5 Å². The largest absolute Gasteiger partial charge is 0.457 e. The van der Waals surface area contributed by atoms with Gasteiger partial charge >= 0.3 is 13.6 Å². The molecule has 0 aliphatic carbocycles. The van der Waals surface area contributed by atoms with Crippen LogP contribution in [0.25, 0.3) is 0 Å². The van der Waals surface area contributed by atoms with Crippen LogP contribution in [-0.2, 0) is 23.9 Å². The van der Waals surface area contributed by atoms with Crippen molar-refractivity contribution in [3.05, 3.63) is 89.5 Å². The fourth-order valence-corrected chi connectivity index (χ4v) is 6.51. The molecule has 0 radical (unpaired) electrons. The van der Waals surface area contributed by atoms with E-state index in [0.717, 1.165) is 11.1 Å². The first kappa shape index (κ1) is 24.3. The van der Waals surface area contributed by atoms with Crippen LogP contribution in [0.4, 0.5) is 4.79 Å². The van der Waals surface area contributed by atoms with E-state index in [9.17, 15) is 14.2 Å². The molecule has 8 nitrogen and oxygen atoms in total. The van der Waals surface area contributed by atoms with Gasteiger partial charge in [0.25, 0.3) is 5.91 Å². The standard InChI is InChI=1S/C27H27N2O6P/c1-3-33-36(32,34-4-2)19-15-13-18(14-16-19)27(25(30)28-26(31)29-27)17-22-20-9-5-7-11-23(20)35-24-12-8-6-10-21(22)24/h5-16,22H,3-4,17H2,1-2H3,(H2,28,29,30,31). The summed E-state index contributed by atoms with van der Waals surface area (Å²) >= 11 is 0. The second kappa shape index (κ2) is 9.54. The Morgan fingerprint density at radius 1 is 0.861 bits per heavy atom. The lowest BCUT2D eigenvalue weighted by Gasteiger charge is -2.35. The molecule has 186 valence electrons. The summed E-state index contributed by atoms with van der Waals surface area (Å²) < 4.78 is 30.2. The molecule has 1 fully saturated rings. The van der Waals surface area contributed by atoms with Crippen molar-refractivity contribution >= 4 is 24.8 Å². The van der Waals surface area contributed by atoms with E-state index >= 15 is 0 Å². The van der Waals surface area contributed by atoms with Gasteiger partial charge in [-0.1, -0.05) is 48.5 Å². The third-order valence-corrected chi connectivity index (χ3v) is 8.66. The first-order valence-corrected chi connectivity index (χ1v) is 13.4. The molecule has 36 heavy (non-hydrogen) atoms. The number of fused-ring (bicyclic) bond motifs is 2. The number of ether oxygens (including phenoxy) is 1. The summed E-state index contributed by atoms with van der Waals surface area (Å²) in [5.41, 5.74) is 1.08. The molecule has 9 heteroatoms. The smallest absolute Gasteiger partial charge is 0.361 e. The summed E-state index contributed by atoms with van der Waals surface area (Å²) in [5.74, 6) is 0.754. The van der Waals surface area contributed by atoms with Crippen molar-refractivity contribution < 1.29 is 27.9 Å². The van der Waals surface area contributed by atoms with Crippen LogP contribution < -0.4 is 20.7 Å². The minimum Gasteiger partial charge on any atom is -0.457 e. The Bertz CT molecular complexity index is 1300. The van der Waals surface area contributed by atoms with Crippen molar-refractivity contribution in [1.29, 1.82) is 0 Å². The number of carbonyl (C=O) groups is 2. The van der Waals surface area contributed by atoms with Crippen molar-refractivity contribution in [2.24, 2.45) is 0 Å². The summed E-state index contributed by atoms with van der Waals surface area (Å²) in [4.78, 5) is 25.8. The second-order valence-corrected chi connectivity index (χ2v) is 10.7. The van der Waals surface area contributed by atoms with Crippen LogP contribution in [0.15, 0.2) is 72.8 Å². The van der Waals surface area contributed by atoms with E-state index in [1.165, 1.54) is 0 Å². The zero-order valence-corrected chi connectivity index (χ0v) is 20.9. The number of amides is 3. The third kappa shape index (κ3) is 4.11. The van der Waals surface area contributed by atoms with E-state index in [2.05, 4.69) is 10.6 Å². The van der Waals surface area contributed by atoms with Crippen molar-refractivity contribution in [3.63, 3.8) is 0 Å². The van der Waals surface area contributed by atoms with Crippen molar-refractivity contribution in [1.82, 2.24) is 10.6 Å². The Labute approximate surface area is 209 Å². The Hall–Kier alpha value is -3.45. The van der Waals surface area contributed by atoms with E-state index in [1.54, 1.807) is 38.1 Å². The summed E-state index contributed by atoms with van der Waals surface area (Å²) in [6.07, 6.45) is 0.260. The predicted molar refractivity (Wildman–Crippen MR) is 135 cm³/mol. The van der Waals surface area contributed by atoms with Gasteiger partial charge in [0.2, 0.25) is 0 Å². The van der Waals surface area contributed by atoms with E-state index in [4.69, 9.17) is 13.8 Å². The summed E-state index contributed by atoms with van der Waals surface area (Å²) in [7, 11) is -3.50. The number of imide groups is 1. The van der Waals surface area contributed by atoms with Gasteiger partial charge < -0.3 is 19.1 Å². The highest BCUT2D eigenvalue weighted by molar-refractivity contribution is 7.62. The van der Waals surface area contributed by atoms with Gasteiger partial charge in [-0.25, -0.2) is 4.79 Å². The van der Waals surface area contributed by atoms with E-state index in [1.807, 2.05) is 48.5 Å². The molecule has 0 bridgehead atoms. The second-order valence-electron chi connectivity index (χ2n) is 8.63. The minimum atomic E-state index is -3.50. The molecule has 3 amide bonds. The maximum atomic E-state index is 13.4. The molecule has 3 aromatic rings. The maximum absolute atomic E-state index is 13.4. The van der Waals surface area contributed by atoms with Gasteiger partial charge in [-0.15, -0.1) is 0 Å². The number of nitrogens with one attached hydrogen (secondary N) is 2. The SMILES string of the molecule is CCOP(=O)(OCC)c1ccc(C2(CC3c4ccccc4Oc4ccccc43)NC(=O)NC2=O)cc1. The first-order valence-electron chi connectivity index (χ1n) is 11.9. The number of rotatable bonds is 8. The third-order valence-electron chi connectivity index (χ3n) is 6.54. The molecule has 2 aliphatic heterocycles. The molecule has 2 heterocycles. The quantitative estimate of drug-likeness (QED) is 0.331. The number of hydrogen-bond donors (Lipinski definition) is 2. The average Bonchev–Trinajstić information content (AvgIpc) is 3.17. The van der Waals surface area contributed by atoms with Crippen LogP contribution >= 0.6 is 7.60 Å². The van der Waals surface area contributed by atoms with Crippen LogP contribution in [0.1, 0.15) is 42.9 Å². The molecule has 2 aliphatic rings. The molecule has 0 aromatic heterocycles. The van der Waals surface area contributed by atoms with Gasteiger partial charge in [0.1, 0.15) is 17.0 Å². The fraction of sp³-hybridized carbons (Fsp3) is 0.259. The highest BCUT2D eigenvalue weighted by atomic mass is 31.2. The predicted octanol–water partition coefficient (Wildman–Crippen LogP) is 4.94. The molecule has 2 N–H and O–H groups in total. The Morgan fingerprint density at radius 2 is 1.42 bits per heavy atom. The first-order chi connectivity index (χ1) is 17.4. The lowest BCUT2D eigenvalue weighted by molar-refractivity contribution is -0.124. The van der Waals surface area contributed by atoms with Gasteiger partial charge in [-0.2, -0.15) is 0 Å². The fourth-order valence-electron chi connectivity index (χ4n) is 4.95. The maximum Gasteiger partial charge on any atom is 0.361 e. The zero-order chi connectivity index (χ0) is 25.3. The molecule has 0 saturated carbocycles. The topological polar surface area (TPSA) is 103 Å². The van der Waals surface area contributed by atoms with Crippen LogP contribution in [0.3, 0.4) is 0 Å². The molecule has 0 spiro atoms. The molecular formula is C27H27N2O6P. The normalized spacial score (nSPS) is 19.2. The van der Waals surface area contributed by atoms with E-state index < -0.39 is 25.1 Å². The lowest BCUT2D eigenvalue weighted by Crippen LogP contribution is -2.45. The van der Waals surface area contributed by atoms with Crippen LogP contribution in [-0.4, -0.2) is 25.2 Å². The number of urea groups is 1.